The molecule has 3 fully saturated rings. The molecule has 0 aliphatic heterocycles. The van der Waals surface area contributed by atoms with Crippen molar-refractivity contribution in [3.8, 4) is 0 Å². The molecule has 0 unspecified atom stereocenters. The van der Waals surface area contributed by atoms with Crippen molar-refractivity contribution in [1.82, 2.24) is 0 Å². The van der Waals surface area contributed by atoms with Crippen LogP contribution in [0.1, 0.15) is 46.0 Å². The Balaban J connectivity index is 1.68. The van der Waals surface area contributed by atoms with E-state index in [4.69, 9.17) is 9.32 Å². The van der Waals surface area contributed by atoms with Crippen LogP contribution in [-0.4, -0.2) is 20.3 Å². The lowest BCUT2D eigenvalue weighted by Crippen LogP contribution is -2.51. The lowest BCUT2D eigenvalue weighted by atomic mass is 9.47. The fourth-order valence-electron chi connectivity index (χ4n) is 6.48. The Hall–Kier alpha value is -1.24. The Morgan fingerprint density at radius 2 is 1.96 bits per heavy atom. The van der Waals surface area contributed by atoms with Crippen LogP contribution in [0.5, 0.6) is 0 Å². The Morgan fingerprint density at radius 3 is 2.65 bits per heavy atom. The molecule has 4 aliphatic rings. The van der Waals surface area contributed by atoms with Crippen LogP contribution < -0.4 is 5.14 Å². The third-order valence-corrected chi connectivity index (χ3v) is 8.19. The number of nitrogens with two attached hydrogens (primary N) is 1. The van der Waals surface area contributed by atoms with Crippen molar-refractivity contribution in [2.75, 3.05) is 0 Å². The Kier molecular flexibility index (Phi) is 3.93. The number of allylic oxidation sites excluding steroid dienone is 5. The van der Waals surface area contributed by atoms with Crippen molar-refractivity contribution in [3.63, 3.8) is 0 Å². The molecule has 4 aliphatic carbocycles. The van der Waals surface area contributed by atoms with Gasteiger partial charge in [-0.25, -0.2) is 5.14 Å². The van der Waals surface area contributed by atoms with Crippen LogP contribution in [0.3, 0.4) is 0 Å². The number of fused-ring (bicyclic) bond motifs is 5. The van der Waals surface area contributed by atoms with Gasteiger partial charge in [0.2, 0.25) is 0 Å². The first-order valence-electron chi connectivity index (χ1n) is 9.39. The fourth-order valence-corrected chi connectivity index (χ4v) is 7.12. The molecule has 3 saturated carbocycles. The molecule has 0 bridgehead atoms. The second kappa shape index (κ2) is 5.63. The van der Waals surface area contributed by atoms with Crippen LogP contribution in [-0.2, 0) is 19.3 Å². The smallest absolute Gasteiger partial charge is 0.290 e. The first-order chi connectivity index (χ1) is 12.0. The van der Waals surface area contributed by atoms with E-state index in [0.29, 0.717) is 17.8 Å². The Bertz CT molecular complexity index is 842. The van der Waals surface area contributed by atoms with E-state index in [1.54, 1.807) is 12.2 Å². The van der Waals surface area contributed by atoms with Crippen molar-refractivity contribution in [3.05, 3.63) is 36.0 Å². The maximum atomic E-state index is 11.9. The van der Waals surface area contributed by atoms with E-state index >= 15 is 0 Å². The molecule has 0 radical (unpaired) electrons. The number of carbonyl (C=O) groups excluding carboxylic acids is 1. The Morgan fingerprint density at radius 1 is 1.23 bits per heavy atom. The van der Waals surface area contributed by atoms with Gasteiger partial charge >= 0.3 is 10.3 Å². The van der Waals surface area contributed by atoms with Gasteiger partial charge in [0.1, 0.15) is 0 Å². The maximum Gasteiger partial charge on any atom is 0.333 e. The molecule has 26 heavy (non-hydrogen) atoms. The second-order valence-electron chi connectivity index (χ2n) is 8.96. The van der Waals surface area contributed by atoms with Gasteiger partial charge in [-0.2, -0.15) is 8.42 Å². The summed E-state index contributed by atoms with van der Waals surface area (Å²) in [5, 5.41) is 5.16. The van der Waals surface area contributed by atoms with Gasteiger partial charge in [-0.05, 0) is 73.0 Å². The van der Waals surface area contributed by atoms with Gasteiger partial charge in [0.05, 0.1) is 6.10 Å². The van der Waals surface area contributed by atoms with E-state index in [1.165, 1.54) is 0 Å². The lowest BCUT2D eigenvalue weighted by Gasteiger charge is -2.57. The molecule has 0 heterocycles. The highest BCUT2D eigenvalue weighted by atomic mass is 32.2. The predicted octanol–water partition coefficient (Wildman–Crippen LogP) is 3.05. The first kappa shape index (κ1) is 18.1. The number of rotatable bonds is 2. The largest absolute Gasteiger partial charge is 0.333 e. The normalized spacial score (nSPS) is 45.0. The quantitative estimate of drug-likeness (QED) is 0.801. The zero-order valence-corrected chi connectivity index (χ0v) is 16.2. The van der Waals surface area contributed by atoms with Gasteiger partial charge in [0.25, 0.3) is 0 Å². The number of hydrogen-bond donors (Lipinski definition) is 1. The van der Waals surface area contributed by atoms with Gasteiger partial charge in [0.15, 0.2) is 5.78 Å². The molecule has 6 atom stereocenters. The first-order valence-corrected chi connectivity index (χ1v) is 10.9. The van der Waals surface area contributed by atoms with Crippen LogP contribution in [0.15, 0.2) is 36.0 Å². The number of hydrogen-bond acceptors (Lipinski definition) is 4. The number of carbonyl (C=O) groups is 1. The molecule has 5 nitrogen and oxygen atoms in total. The van der Waals surface area contributed by atoms with E-state index in [9.17, 15) is 13.2 Å². The minimum Gasteiger partial charge on any atom is -0.290 e. The molecular weight excluding hydrogens is 350 g/mol. The molecule has 0 spiro atoms. The molecular formula is C20H27NO4S. The van der Waals surface area contributed by atoms with E-state index in [2.05, 4.69) is 26.5 Å². The summed E-state index contributed by atoms with van der Waals surface area (Å²) < 4.78 is 28.3. The van der Waals surface area contributed by atoms with Crippen molar-refractivity contribution < 1.29 is 17.4 Å². The average molecular weight is 378 g/mol. The standard InChI is InChI=1S/C20H27NO4S/c1-12-10-14-15-4-5-18(25-26(21,23)24)20(15,3)9-7-16(14)19(2)8-6-13(22)11-17(12)19/h6,8,11,14-16,18H,1,4-5,7,9-10H2,2-3H3,(H2,21,23,24)/t14-,15-,16-,18-,19+,20-/m0/s1. The van der Waals surface area contributed by atoms with Crippen LogP contribution in [0, 0.1) is 28.6 Å². The van der Waals surface area contributed by atoms with Crippen molar-refractivity contribution in [1.29, 1.82) is 0 Å². The Labute approximate surface area is 155 Å². The third kappa shape index (κ3) is 2.57. The molecule has 0 aromatic carbocycles. The van der Waals surface area contributed by atoms with Crippen molar-refractivity contribution in [2.45, 2.75) is 52.1 Å². The average Bonchev–Trinajstić information content (AvgIpc) is 2.85. The fraction of sp³-hybridized carbons (Fsp3) is 0.650. The topological polar surface area (TPSA) is 86.5 Å². The van der Waals surface area contributed by atoms with Crippen molar-refractivity contribution >= 4 is 16.1 Å². The zero-order valence-electron chi connectivity index (χ0n) is 15.4. The molecule has 2 N–H and O–H groups in total. The molecule has 142 valence electrons. The molecule has 0 saturated heterocycles. The van der Waals surface area contributed by atoms with Crippen LogP contribution in [0.25, 0.3) is 0 Å². The SMILES string of the molecule is C=C1C[C@H]2[C@@H]3CC[C@H](OS(N)(=O)=O)[C@@]3(C)CC[C@@H]2[C@@]2(C)C=CC(=O)C=C12. The highest BCUT2D eigenvalue weighted by molar-refractivity contribution is 7.84. The summed E-state index contributed by atoms with van der Waals surface area (Å²) in [7, 11) is -3.95. The minimum absolute atomic E-state index is 0.0419. The zero-order chi connectivity index (χ0) is 18.9. The molecule has 0 amide bonds. The summed E-state index contributed by atoms with van der Waals surface area (Å²) in [6.07, 6.45) is 9.62. The van der Waals surface area contributed by atoms with Gasteiger partial charge < -0.3 is 0 Å². The minimum atomic E-state index is -3.95. The molecule has 0 aromatic rings. The van der Waals surface area contributed by atoms with Gasteiger partial charge in [0, 0.05) is 5.41 Å². The van der Waals surface area contributed by atoms with E-state index in [-0.39, 0.29) is 22.7 Å². The van der Waals surface area contributed by atoms with Gasteiger partial charge in [-0.15, -0.1) is 0 Å². The number of ketones is 1. The summed E-state index contributed by atoms with van der Waals surface area (Å²) in [6.45, 7) is 8.67. The van der Waals surface area contributed by atoms with Gasteiger partial charge in [-0.3, -0.25) is 8.98 Å². The summed E-state index contributed by atoms with van der Waals surface area (Å²) >= 11 is 0. The highest BCUT2D eigenvalue weighted by Crippen LogP contribution is 2.65. The van der Waals surface area contributed by atoms with Crippen LogP contribution in [0.4, 0.5) is 0 Å². The maximum absolute atomic E-state index is 11.9. The van der Waals surface area contributed by atoms with E-state index in [1.807, 2.05) is 0 Å². The second-order valence-corrected chi connectivity index (χ2v) is 10.1. The summed E-state index contributed by atoms with van der Waals surface area (Å²) in [5.74, 6) is 1.29. The summed E-state index contributed by atoms with van der Waals surface area (Å²) in [6, 6.07) is 0. The van der Waals surface area contributed by atoms with Crippen LogP contribution in [0.2, 0.25) is 0 Å². The van der Waals surface area contributed by atoms with E-state index < -0.39 is 10.3 Å². The predicted molar refractivity (Wildman–Crippen MR) is 99.1 cm³/mol. The lowest BCUT2D eigenvalue weighted by molar-refractivity contribution is -0.111. The van der Waals surface area contributed by atoms with E-state index in [0.717, 1.165) is 43.3 Å². The van der Waals surface area contributed by atoms with Crippen molar-refractivity contribution in [2.24, 2.45) is 33.7 Å². The molecule has 4 rings (SSSR count). The highest BCUT2D eigenvalue weighted by Gasteiger charge is 2.60. The molecule has 6 heteroatoms. The third-order valence-electron chi connectivity index (χ3n) is 7.69. The monoisotopic (exact) mass is 377 g/mol. The van der Waals surface area contributed by atoms with Gasteiger partial charge in [-0.1, -0.05) is 32.1 Å². The summed E-state index contributed by atoms with van der Waals surface area (Å²) in [4.78, 5) is 11.9. The summed E-state index contributed by atoms with van der Waals surface area (Å²) in [5.41, 5.74) is 1.80. The van der Waals surface area contributed by atoms with Crippen LogP contribution >= 0.6 is 0 Å². The molecule has 0 aromatic heterocycles.